The molecule has 0 aromatic rings. The summed E-state index contributed by atoms with van der Waals surface area (Å²) < 4.78 is 17.4. The van der Waals surface area contributed by atoms with E-state index < -0.39 is 11.9 Å². The number of cyclic esters (lactones) is 1. The van der Waals surface area contributed by atoms with Crippen molar-refractivity contribution in [2.75, 3.05) is 13.2 Å². The lowest BCUT2D eigenvalue weighted by molar-refractivity contribution is -0.344. The van der Waals surface area contributed by atoms with Crippen LogP contribution in [0.15, 0.2) is 23.8 Å². The Morgan fingerprint density at radius 3 is 2.64 bits per heavy atom. The maximum absolute atomic E-state index is 11.9. The number of esters is 1. The molecule has 4 fully saturated rings. The average Bonchev–Trinajstić information content (AvgIpc) is 2.93. The van der Waals surface area contributed by atoms with Crippen molar-refractivity contribution < 1.29 is 24.1 Å². The van der Waals surface area contributed by atoms with E-state index >= 15 is 0 Å². The van der Waals surface area contributed by atoms with Gasteiger partial charge < -0.3 is 19.3 Å². The molecule has 156 valence electrons. The van der Waals surface area contributed by atoms with E-state index in [1.807, 2.05) is 19.9 Å². The number of carbonyl (C=O) groups excluding carboxylic acids is 1. The van der Waals surface area contributed by atoms with Crippen LogP contribution in [0.3, 0.4) is 0 Å². The average molecular weight is 391 g/mol. The van der Waals surface area contributed by atoms with Gasteiger partial charge in [0.15, 0.2) is 5.79 Å². The van der Waals surface area contributed by atoms with Crippen LogP contribution in [0.25, 0.3) is 0 Å². The van der Waals surface area contributed by atoms with E-state index in [9.17, 15) is 9.90 Å². The Bertz CT molecular complexity index is 710. The molecule has 2 saturated carbocycles. The van der Waals surface area contributed by atoms with Crippen LogP contribution in [-0.2, 0) is 19.0 Å². The normalized spacial score (nSPS) is 46.8. The molecule has 2 unspecified atom stereocenters. The van der Waals surface area contributed by atoms with Crippen LogP contribution >= 0.6 is 0 Å². The predicted molar refractivity (Wildman–Crippen MR) is 105 cm³/mol. The van der Waals surface area contributed by atoms with Gasteiger partial charge in [-0.25, -0.2) is 4.79 Å². The number of ether oxygens (including phenoxy) is 3. The number of hydrogen-bond donors (Lipinski definition) is 1. The Hall–Kier alpha value is -1.17. The van der Waals surface area contributed by atoms with Gasteiger partial charge >= 0.3 is 5.97 Å². The van der Waals surface area contributed by atoms with E-state index in [4.69, 9.17) is 14.2 Å². The molecule has 0 aromatic heterocycles. The summed E-state index contributed by atoms with van der Waals surface area (Å²) in [6.45, 7) is 13.9. The highest BCUT2D eigenvalue weighted by molar-refractivity contribution is 5.91. The van der Waals surface area contributed by atoms with Crippen LogP contribution in [0.4, 0.5) is 0 Å². The molecule has 5 nitrogen and oxygen atoms in total. The zero-order valence-corrected chi connectivity index (χ0v) is 17.6. The number of hydrogen-bond acceptors (Lipinski definition) is 5. The first-order chi connectivity index (χ1) is 13.1. The van der Waals surface area contributed by atoms with E-state index in [0.29, 0.717) is 11.5 Å². The molecule has 2 aliphatic heterocycles. The Morgan fingerprint density at radius 1 is 1.21 bits per heavy atom. The molecule has 28 heavy (non-hydrogen) atoms. The Kier molecular flexibility index (Phi) is 4.80. The van der Waals surface area contributed by atoms with Gasteiger partial charge in [-0.3, -0.25) is 0 Å². The monoisotopic (exact) mass is 390 g/mol. The Labute approximate surface area is 168 Å². The van der Waals surface area contributed by atoms with Crippen LogP contribution < -0.4 is 0 Å². The van der Waals surface area contributed by atoms with E-state index in [0.717, 1.165) is 38.7 Å². The van der Waals surface area contributed by atoms with Crippen LogP contribution in [0.5, 0.6) is 0 Å². The molecular weight excluding hydrogens is 356 g/mol. The van der Waals surface area contributed by atoms with Crippen molar-refractivity contribution in [2.24, 2.45) is 22.7 Å². The van der Waals surface area contributed by atoms with Gasteiger partial charge in [0.1, 0.15) is 12.7 Å². The summed E-state index contributed by atoms with van der Waals surface area (Å²) in [7, 11) is 0. The van der Waals surface area contributed by atoms with Crippen LogP contribution in [0, 0.1) is 22.7 Å². The van der Waals surface area contributed by atoms with Crippen molar-refractivity contribution in [3.8, 4) is 0 Å². The van der Waals surface area contributed by atoms with Gasteiger partial charge in [-0.2, -0.15) is 0 Å². The van der Waals surface area contributed by atoms with Crippen LogP contribution in [0.1, 0.15) is 59.8 Å². The van der Waals surface area contributed by atoms with Gasteiger partial charge in [-0.05, 0) is 63.2 Å². The molecule has 2 aliphatic carbocycles. The summed E-state index contributed by atoms with van der Waals surface area (Å²) in [6, 6.07) is 0. The standard InChI is InChI=1S/C23H34O5/c1-14-6-9-18-22(4,16(14)8-7-15-17(24)12-26-20(15)25)11-10-19-23(18,5)13-27-21(2,3)28-19/h7,16-19,24H,1,6,8-13H2,2-5H3/b15-7-/t16-,17?,18?,19-,22+,23+/m1/s1. The smallest absolute Gasteiger partial charge is 0.336 e. The maximum Gasteiger partial charge on any atom is 0.336 e. The Balaban J connectivity index is 1.61. The third-order valence-corrected chi connectivity index (χ3v) is 8.01. The van der Waals surface area contributed by atoms with E-state index in [2.05, 4.69) is 20.4 Å². The van der Waals surface area contributed by atoms with Gasteiger partial charge in [-0.1, -0.05) is 32.1 Å². The summed E-state index contributed by atoms with van der Waals surface area (Å²) in [5.74, 6) is -0.141. The van der Waals surface area contributed by atoms with Crippen molar-refractivity contribution >= 4 is 5.97 Å². The topological polar surface area (TPSA) is 65.0 Å². The second-order valence-electron chi connectivity index (χ2n) is 10.2. The van der Waals surface area contributed by atoms with Crippen molar-refractivity contribution in [3.05, 3.63) is 23.8 Å². The quantitative estimate of drug-likeness (QED) is 0.442. The lowest BCUT2D eigenvalue weighted by Gasteiger charge is -2.63. The number of carbonyl (C=O) groups is 1. The van der Waals surface area contributed by atoms with Gasteiger partial charge in [-0.15, -0.1) is 0 Å². The molecule has 4 aliphatic rings. The molecule has 6 atom stereocenters. The fourth-order valence-corrected chi connectivity index (χ4v) is 6.43. The summed E-state index contributed by atoms with van der Waals surface area (Å²) in [5, 5.41) is 10.0. The minimum atomic E-state index is -0.802. The van der Waals surface area contributed by atoms with Crippen LogP contribution in [-0.4, -0.2) is 42.3 Å². The maximum atomic E-state index is 11.9. The molecule has 0 radical (unpaired) electrons. The van der Waals surface area contributed by atoms with Crippen molar-refractivity contribution in [3.63, 3.8) is 0 Å². The number of fused-ring (bicyclic) bond motifs is 3. The van der Waals surface area contributed by atoms with E-state index in [1.54, 1.807) is 0 Å². The molecule has 4 rings (SSSR count). The summed E-state index contributed by atoms with van der Waals surface area (Å²) in [6.07, 6.45) is 6.22. The highest BCUT2D eigenvalue weighted by Crippen LogP contribution is 2.63. The number of aliphatic hydroxyl groups excluding tert-OH is 1. The molecule has 1 N–H and O–H groups in total. The SMILES string of the molecule is C=C1CCC2[C@]3(C)COC(C)(C)O[C@@H]3CC[C@@]2(C)[C@@H]1C/C=C1\C(=O)OCC1O. The highest BCUT2D eigenvalue weighted by Gasteiger charge is 2.60. The first-order valence-corrected chi connectivity index (χ1v) is 10.6. The number of aliphatic hydroxyl groups is 1. The second kappa shape index (κ2) is 6.68. The molecule has 2 saturated heterocycles. The van der Waals surface area contributed by atoms with Crippen molar-refractivity contribution in [2.45, 2.75) is 77.8 Å². The number of rotatable bonds is 2. The minimum absolute atomic E-state index is 0.0135. The number of allylic oxidation sites excluding steroid dienone is 2. The third-order valence-electron chi connectivity index (χ3n) is 8.01. The summed E-state index contributed by atoms with van der Waals surface area (Å²) >= 11 is 0. The first-order valence-electron chi connectivity index (χ1n) is 10.6. The van der Waals surface area contributed by atoms with Crippen molar-refractivity contribution in [1.29, 1.82) is 0 Å². The lowest BCUT2D eigenvalue weighted by atomic mass is 9.46. The van der Waals surface area contributed by atoms with Crippen molar-refractivity contribution in [1.82, 2.24) is 0 Å². The summed E-state index contributed by atoms with van der Waals surface area (Å²) in [4.78, 5) is 11.9. The predicted octanol–water partition coefficient (Wildman–Crippen LogP) is 3.76. The zero-order chi connectivity index (χ0) is 20.3. The lowest BCUT2D eigenvalue weighted by Crippen LogP contribution is -2.62. The van der Waals surface area contributed by atoms with E-state index in [1.165, 1.54) is 5.57 Å². The van der Waals surface area contributed by atoms with Gasteiger partial charge in [0.2, 0.25) is 0 Å². The molecule has 2 heterocycles. The fourth-order valence-electron chi connectivity index (χ4n) is 6.43. The highest BCUT2D eigenvalue weighted by atomic mass is 16.7. The first kappa shape index (κ1) is 20.1. The molecular formula is C23H34O5. The molecule has 0 aromatic carbocycles. The van der Waals surface area contributed by atoms with Crippen LogP contribution in [0.2, 0.25) is 0 Å². The summed E-state index contributed by atoms with van der Waals surface area (Å²) in [5.41, 5.74) is 1.74. The molecule has 0 amide bonds. The fraction of sp³-hybridized carbons (Fsp3) is 0.783. The van der Waals surface area contributed by atoms with Gasteiger partial charge in [0, 0.05) is 5.41 Å². The van der Waals surface area contributed by atoms with E-state index in [-0.39, 0.29) is 35.4 Å². The molecule has 0 bridgehead atoms. The van der Waals surface area contributed by atoms with Gasteiger partial charge in [0.25, 0.3) is 0 Å². The zero-order valence-electron chi connectivity index (χ0n) is 17.6. The second-order valence-corrected chi connectivity index (χ2v) is 10.2. The minimum Gasteiger partial charge on any atom is -0.459 e. The Morgan fingerprint density at radius 2 is 1.96 bits per heavy atom. The largest absolute Gasteiger partial charge is 0.459 e. The molecule has 0 spiro atoms. The molecule has 5 heteroatoms. The third kappa shape index (κ3) is 3.06. The van der Waals surface area contributed by atoms with Gasteiger partial charge in [0.05, 0.1) is 18.3 Å².